The van der Waals surface area contributed by atoms with Crippen molar-refractivity contribution in [3.8, 4) is 0 Å². The van der Waals surface area contributed by atoms with Gasteiger partial charge in [-0.3, -0.25) is 4.79 Å². The van der Waals surface area contributed by atoms with Crippen LogP contribution in [0.4, 0.5) is 0 Å². The SMILES string of the molecule is C[C@]12CCC3C(C(=O)C=C4CC(O)CC[C@@]43C)C1CCC2O. The normalized spacial score (nSPS) is 54.3. The molecule has 2 N–H and O–H groups in total. The Bertz CT molecular complexity index is 539. The number of carbonyl (C=O) groups is 1. The number of fused-ring (bicyclic) bond motifs is 5. The van der Waals surface area contributed by atoms with E-state index in [2.05, 4.69) is 13.8 Å². The molecule has 122 valence electrons. The molecule has 0 aromatic rings. The van der Waals surface area contributed by atoms with Crippen LogP contribution >= 0.6 is 0 Å². The zero-order valence-corrected chi connectivity index (χ0v) is 13.7. The molecule has 22 heavy (non-hydrogen) atoms. The van der Waals surface area contributed by atoms with Crippen molar-refractivity contribution in [3.05, 3.63) is 11.6 Å². The highest BCUT2D eigenvalue weighted by atomic mass is 16.3. The van der Waals surface area contributed by atoms with E-state index < -0.39 is 0 Å². The van der Waals surface area contributed by atoms with Gasteiger partial charge in [0.25, 0.3) is 0 Å². The fraction of sp³-hybridized carbons (Fsp3) is 0.842. The topological polar surface area (TPSA) is 57.5 Å². The van der Waals surface area contributed by atoms with Crippen molar-refractivity contribution in [3.63, 3.8) is 0 Å². The molecule has 4 rings (SSSR count). The number of carbonyl (C=O) groups excluding carboxylic acids is 1. The van der Waals surface area contributed by atoms with Crippen LogP contribution in [-0.2, 0) is 4.79 Å². The Morgan fingerprint density at radius 2 is 1.82 bits per heavy atom. The molecule has 0 heterocycles. The van der Waals surface area contributed by atoms with Gasteiger partial charge in [-0.2, -0.15) is 0 Å². The zero-order chi connectivity index (χ0) is 15.7. The number of ketones is 1. The van der Waals surface area contributed by atoms with Crippen LogP contribution in [0.25, 0.3) is 0 Å². The first-order valence-electron chi connectivity index (χ1n) is 8.97. The maximum absolute atomic E-state index is 12.9. The molecule has 3 fully saturated rings. The summed E-state index contributed by atoms with van der Waals surface area (Å²) >= 11 is 0. The largest absolute Gasteiger partial charge is 0.393 e. The first kappa shape index (κ1) is 14.9. The summed E-state index contributed by atoms with van der Waals surface area (Å²) in [4.78, 5) is 12.9. The first-order valence-corrected chi connectivity index (χ1v) is 8.97. The van der Waals surface area contributed by atoms with Crippen molar-refractivity contribution in [1.82, 2.24) is 0 Å². The molecule has 3 saturated carbocycles. The van der Waals surface area contributed by atoms with E-state index in [1.165, 1.54) is 5.57 Å². The highest BCUT2D eigenvalue weighted by Crippen LogP contribution is 2.63. The van der Waals surface area contributed by atoms with Crippen LogP contribution in [0.1, 0.15) is 58.8 Å². The number of aliphatic hydroxyl groups is 2. The van der Waals surface area contributed by atoms with Gasteiger partial charge in [0.2, 0.25) is 0 Å². The van der Waals surface area contributed by atoms with Gasteiger partial charge in [-0.15, -0.1) is 0 Å². The van der Waals surface area contributed by atoms with Crippen molar-refractivity contribution in [2.24, 2.45) is 28.6 Å². The lowest BCUT2D eigenvalue weighted by molar-refractivity contribution is -0.136. The highest BCUT2D eigenvalue weighted by molar-refractivity contribution is 5.94. The molecular weight excluding hydrogens is 276 g/mol. The summed E-state index contributed by atoms with van der Waals surface area (Å²) < 4.78 is 0. The Labute approximate surface area is 132 Å². The lowest BCUT2D eigenvalue weighted by atomic mass is 9.47. The van der Waals surface area contributed by atoms with Crippen molar-refractivity contribution >= 4 is 5.78 Å². The van der Waals surface area contributed by atoms with E-state index >= 15 is 0 Å². The van der Waals surface area contributed by atoms with Crippen molar-refractivity contribution in [2.75, 3.05) is 0 Å². The molecule has 0 aliphatic heterocycles. The van der Waals surface area contributed by atoms with Crippen molar-refractivity contribution in [1.29, 1.82) is 0 Å². The Hall–Kier alpha value is -0.670. The van der Waals surface area contributed by atoms with E-state index in [9.17, 15) is 15.0 Å². The molecule has 4 aliphatic carbocycles. The molecule has 0 aromatic heterocycles. The number of aliphatic hydroxyl groups excluding tert-OH is 2. The predicted octanol–water partition coefficient (Wildman–Crippen LogP) is 2.85. The Balaban J connectivity index is 1.75. The van der Waals surface area contributed by atoms with E-state index in [4.69, 9.17) is 0 Å². The number of rotatable bonds is 0. The van der Waals surface area contributed by atoms with Gasteiger partial charge >= 0.3 is 0 Å². The monoisotopic (exact) mass is 304 g/mol. The molecule has 3 nitrogen and oxygen atoms in total. The van der Waals surface area contributed by atoms with Gasteiger partial charge in [-0.25, -0.2) is 0 Å². The lowest BCUT2D eigenvalue weighted by Gasteiger charge is -2.56. The van der Waals surface area contributed by atoms with E-state index in [0.717, 1.165) is 38.5 Å². The molecule has 0 saturated heterocycles. The van der Waals surface area contributed by atoms with Gasteiger partial charge in [-0.05, 0) is 73.7 Å². The average molecular weight is 304 g/mol. The smallest absolute Gasteiger partial charge is 0.159 e. The molecule has 5 unspecified atom stereocenters. The lowest BCUT2D eigenvalue weighted by Crippen LogP contribution is -2.54. The number of hydrogen-bond donors (Lipinski definition) is 2. The minimum Gasteiger partial charge on any atom is -0.393 e. The van der Waals surface area contributed by atoms with E-state index in [-0.39, 0.29) is 34.7 Å². The second-order valence-electron chi connectivity index (χ2n) is 8.76. The number of hydrogen-bond acceptors (Lipinski definition) is 3. The maximum Gasteiger partial charge on any atom is 0.159 e. The van der Waals surface area contributed by atoms with Gasteiger partial charge in [0, 0.05) is 5.92 Å². The molecule has 7 atom stereocenters. The summed E-state index contributed by atoms with van der Waals surface area (Å²) in [6.07, 6.45) is 7.83. The molecular formula is C19H28O3. The third-order valence-corrected chi connectivity index (χ3v) is 7.87. The van der Waals surface area contributed by atoms with Crippen LogP contribution < -0.4 is 0 Å². The minimum atomic E-state index is -0.272. The van der Waals surface area contributed by atoms with Gasteiger partial charge in [0.15, 0.2) is 5.78 Å². The molecule has 0 aromatic carbocycles. The van der Waals surface area contributed by atoms with E-state index in [0.29, 0.717) is 18.3 Å². The van der Waals surface area contributed by atoms with Crippen LogP contribution in [-0.4, -0.2) is 28.2 Å². The van der Waals surface area contributed by atoms with Gasteiger partial charge < -0.3 is 10.2 Å². The fourth-order valence-corrected chi connectivity index (χ4v) is 6.36. The molecule has 0 amide bonds. The Morgan fingerprint density at radius 3 is 2.59 bits per heavy atom. The van der Waals surface area contributed by atoms with Gasteiger partial charge in [0.1, 0.15) is 0 Å². The van der Waals surface area contributed by atoms with Crippen LogP contribution in [0.5, 0.6) is 0 Å². The number of allylic oxidation sites excluding steroid dienone is 1. The first-order chi connectivity index (χ1) is 10.4. The summed E-state index contributed by atoms with van der Waals surface area (Å²) in [5.41, 5.74) is 1.22. The Kier molecular flexibility index (Phi) is 3.16. The molecule has 4 aliphatic rings. The summed E-state index contributed by atoms with van der Waals surface area (Å²) in [7, 11) is 0. The summed E-state index contributed by atoms with van der Waals surface area (Å²) in [5.74, 6) is 1.13. The average Bonchev–Trinajstić information content (AvgIpc) is 2.77. The quantitative estimate of drug-likeness (QED) is 0.723. The standard InChI is InChI=1S/C19H28O3/c1-18-7-5-12(20)9-11(18)10-15(21)17-13-3-4-16(22)19(13,2)8-6-14(17)18/h10,12-14,16-17,20,22H,3-9H2,1-2H3/t12?,13?,14?,16?,17?,18-,19-/m0/s1. The van der Waals surface area contributed by atoms with Crippen LogP contribution in [0.3, 0.4) is 0 Å². The van der Waals surface area contributed by atoms with Gasteiger partial charge in [0.05, 0.1) is 12.2 Å². The van der Waals surface area contributed by atoms with Gasteiger partial charge in [-0.1, -0.05) is 19.4 Å². The second-order valence-corrected chi connectivity index (χ2v) is 8.76. The highest BCUT2D eigenvalue weighted by Gasteiger charge is 2.60. The van der Waals surface area contributed by atoms with Crippen molar-refractivity contribution in [2.45, 2.75) is 71.0 Å². The fourth-order valence-electron chi connectivity index (χ4n) is 6.36. The van der Waals surface area contributed by atoms with Crippen LogP contribution in [0, 0.1) is 28.6 Å². The Morgan fingerprint density at radius 1 is 1.05 bits per heavy atom. The zero-order valence-electron chi connectivity index (χ0n) is 13.7. The summed E-state index contributed by atoms with van der Waals surface area (Å²) in [5, 5.41) is 20.4. The molecule has 3 heteroatoms. The summed E-state index contributed by atoms with van der Waals surface area (Å²) in [6, 6.07) is 0. The molecule has 0 bridgehead atoms. The summed E-state index contributed by atoms with van der Waals surface area (Å²) in [6.45, 7) is 4.52. The van der Waals surface area contributed by atoms with Crippen molar-refractivity contribution < 1.29 is 15.0 Å². The predicted molar refractivity (Wildman–Crippen MR) is 84.1 cm³/mol. The van der Waals surface area contributed by atoms with Crippen LogP contribution in [0.2, 0.25) is 0 Å². The third kappa shape index (κ3) is 1.78. The van der Waals surface area contributed by atoms with Crippen LogP contribution in [0.15, 0.2) is 11.6 Å². The van der Waals surface area contributed by atoms with E-state index in [1.54, 1.807) is 0 Å². The minimum absolute atomic E-state index is 0.0628. The maximum atomic E-state index is 12.9. The second kappa shape index (κ2) is 4.67. The molecule has 0 spiro atoms. The molecule has 0 radical (unpaired) electrons. The third-order valence-electron chi connectivity index (χ3n) is 7.87. The van der Waals surface area contributed by atoms with E-state index in [1.807, 2.05) is 6.08 Å².